The summed E-state index contributed by atoms with van der Waals surface area (Å²) in [5, 5.41) is 0. The van der Waals surface area contributed by atoms with Gasteiger partial charge in [-0.05, 0) is 0 Å². The molecule has 0 nitrogen and oxygen atoms in total. The Hall–Kier alpha value is -0.750. The van der Waals surface area contributed by atoms with Gasteiger partial charge in [0, 0.05) is 6.92 Å². The van der Waals surface area contributed by atoms with Crippen LogP contribution in [-0.4, -0.2) is 17.8 Å². The molecule has 0 heterocycles. The summed E-state index contributed by atoms with van der Waals surface area (Å²) >= 11 is 0. The van der Waals surface area contributed by atoms with Crippen LogP contribution >= 0.6 is 0 Å². The van der Waals surface area contributed by atoms with Gasteiger partial charge in [-0.15, -0.1) is 0 Å². The third kappa shape index (κ3) is 1.05. The SMILES string of the molecule is CC(F)(F)C1=C(F)C(F)(F)C1(F)F. The average molecular weight is 208 g/mol. The number of rotatable bonds is 1. The maximum atomic E-state index is 12.2. The molecule has 0 aromatic heterocycles. The van der Waals surface area contributed by atoms with Crippen LogP contribution in [0.1, 0.15) is 6.92 Å². The van der Waals surface area contributed by atoms with Crippen LogP contribution in [0.25, 0.3) is 0 Å². The smallest absolute Gasteiger partial charge is 0.204 e. The molecule has 76 valence electrons. The Morgan fingerprint density at radius 3 is 1.54 bits per heavy atom. The first-order chi connectivity index (χ1) is 5.53. The molecule has 7 heteroatoms. The van der Waals surface area contributed by atoms with Crippen molar-refractivity contribution in [2.24, 2.45) is 0 Å². The van der Waals surface area contributed by atoms with Crippen LogP contribution in [0.4, 0.5) is 30.7 Å². The lowest BCUT2D eigenvalue weighted by Gasteiger charge is -2.38. The van der Waals surface area contributed by atoms with Crippen LogP contribution in [0.2, 0.25) is 0 Å². The first kappa shape index (κ1) is 10.3. The molecule has 0 N–H and O–H groups in total. The van der Waals surface area contributed by atoms with E-state index < -0.39 is 29.2 Å². The molecule has 0 radical (unpaired) electrons. The fourth-order valence-electron chi connectivity index (χ4n) is 0.996. The van der Waals surface area contributed by atoms with Gasteiger partial charge in [0.25, 0.3) is 5.92 Å². The van der Waals surface area contributed by atoms with E-state index >= 15 is 0 Å². The summed E-state index contributed by atoms with van der Waals surface area (Å²) in [6, 6.07) is 0. The van der Waals surface area contributed by atoms with E-state index in [9.17, 15) is 30.7 Å². The zero-order valence-electron chi connectivity index (χ0n) is 6.15. The van der Waals surface area contributed by atoms with E-state index in [0.29, 0.717) is 0 Å². The van der Waals surface area contributed by atoms with Crippen molar-refractivity contribution in [3.8, 4) is 0 Å². The van der Waals surface area contributed by atoms with Gasteiger partial charge in [0.05, 0.1) is 0 Å². The normalized spacial score (nSPS) is 25.8. The van der Waals surface area contributed by atoms with E-state index in [4.69, 9.17) is 0 Å². The highest BCUT2D eigenvalue weighted by Gasteiger charge is 2.76. The molecule has 0 aliphatic heterocycles. The molecular weight excluding hydrogens is 205 g/mol. The van der Waals surface area contributed by atoms with Crippen molar-refractivity contribution >= 4 is 0 Å². The van der Waals surface area contributed by atoms with Gasteiger partial charge in [-0.25, -0.2) is 13.2 Å². The van der Waals surface area contributed by atoms with E-state index in [2.05, 4.69) is 0 Å². The van der Waals surface area contributed by atoms with Crippen molar-refractivity contribution < 1.29 is 30.7 Å². The molecule has 0 saturated heterocycles. The van der Waals surface area contributed by atoms with Crippen LogP contribution in [-0.2, 0) is 0 Å². The maximum Gasteiger partial charge on any atom is 0.365 e. The molecule has 0 spiro atoms. The molecule has 1 rings (SSSR count). The monoisotopic (exact) mass is 208 g/mol. The van der Waals surface area contributed by atoms with Gasteiger partial charge in [-0.3, -0.25) is 0 Å². The van der Waals surface area contributed by atoms with Gasteiger partial charge in [0.15, 0.2) is 5.83 Å². The average Bonchev–Trinajstić information content (AvgIpc) is 1.82. The predicted octanol–water partition coefficient (Wildman–Crippen LogP) is 3.15. The van der Waals surface area contributed by atoms with Crippen LogP contribution in [0.5, 0.6) is 0 Å². The van der Waals surface area contributed by atoms with Crippen molar-refractivity contribution in [2.75, 3.05) is 0 Å². The molecule has 0 bridgehead atoms. The second-order valence-corrected chi connectivity index (χ2v) is 2.73. The standard InChI is InChI=1S/C6H3F7/c1-4(8,9)2-3(7)6(12,13)5(2,10)11/h1H3. The topological polar surface area (TPSA) is 0 Å². The number of alkyl halides is 6. The first-order valence-electron chi connectivity index (χ1n) is 3.07. The summed E-state index contributed by atoms with van der Waals surface area (Å²) < 4.78 is 84.8. The van der Waals surface area contributed by atoms with E-state index in [1.165, 1.54) is 0 Å². The molecule has 0 amide bonds. The lowest BCUT2D eigenvalue weighted by Crippen LogP contribution is -2.56. The molecular formula is C6H3F7. The van der Waals surface area contributed by atoms with Crippen LogP contribution < -0.4 is 0 Å². The molecule has 0 fully saturated rings. The highest BCUT2D eigenvalue weighted by molar-refractivity contribution is 5.43. The molecule has 0 aromatic carbocycles. The first-order valence-corrected chi connectivity index (χ1v) is 3.07. The summed E-state index contributed by atoms with van der Waals surface area (Å²) in [6.45, 7) is -0.0644. The van der Waals surface area contributed by atoms with E-state index in [1.807, 2.05) is 0 Å². The van der Waals surface area contributed by atoms with E-state index in [1.54, 1.807) is 0 Å². The zero-order chi connectivity index (χ0) is 10.7. The van der Waals surface area contributed by atoms with Gasteiger partial charge in [0.1, 0.15) is 5.57 Å². The summed E-state index contributed by atoms with van der Waals surface area (Å²) in [5.74, 6) is -17.2. The molecule has 0 saturated carbocycles. The lowest BCUT2D eigenvalue weighted by atomic mass is 9.84. The third-order valence-electron chi connectivity index (χ3n) is 1.64. The van der Waals surface area contributed by atoms with Crippen LogP contribution in [0.3, 0.4) is 0 Å². The number of halogens is 7. The zero-order valence-corrected chi connectivity index (χ0v) is 6.15. The largest absolute Gasteiger partial charge is 0.365 e. The Morgan fingerprint density at radius 2 is 1.38 bits per heavy atom. The highest BCUT2D eigenvalue weighted by atomic mass is 19.3. The second-order valence-electron chi connectivity index (χ2n) is 2.73. The van der Waals surface area contributed by atoms with Gasteiger partial charge >= 0.3 is 11.8 Å². The molecule has 0 aromatic rings. The van der Waals surface area contributed by atoms with Crippen molar-refractivity contribution in [3.05, 3.63) is 11.4 Å². The molecule has 1 aliphatic carbocycles. The molecule has 0 unspecified atom stereocenters. The van der Waals surface area contributed by atoms with Gasteiger partial charge in [0.2, 0.25) is 0 Å². The van der Waals surface area contributed by atoms with Crippen LogP contribution in [0.15, 0.2) is 11.4 Å². The summed E-state index contributed by atoms with van der Waals surface area (Å²) in [6.07, 6.45) is 0. The summed E-state index contributed by atoms with van der Waals surface area (Å²) in [4.78, 5) is 0. The lowest BCUT2D eigenvalue weighted by molar-refractivity contribution is -0.224. The van der Waals surface area contributed by atoms with Crippen molar-refractivity contribution in [3.63, 3.8) is 0 Å². The Labute approximate surface area is 68.0 Å². The van der Waals surface area contributed by atoms with Crippen LogP contribution in [0, 0.1) is 0 Å². The quantitative estimate of drug-likeness (QED) is 0.580. The summed E-state index contributed by atoms with van der Waals surface area (Å²) in [7, 11) is 0. The Morgan fingerprint density at radius 1 is 1.00 bits per heavy atom. The Bertz CT molecular complexity index is 269. The maximum absolute atomic E-state index is 12.2. The number of allylic oxidation sites excluding steroid dienone is 2. The third-order valence-corrected chi connectivity index (χ3v) is 1.64. The van der Waals surface area contributed by atoms with Gasteiger partial charge in [-0.1, -0.05) is 0 Å². The fourth-order valence-corrected chi connectivity index (χ4v) is 0.996. The summed E-state index contributed by atoms with van der Waals surface area (Å²) in [5.41, 5.74) is -2.43. The van der Waals surface area contributed by atoms with E-state index in [0.717, 1.165) is 0 Å². The molecule has 1 aliphatic rings. The Kier molecular flexibility index (Phi) is 1.74. The minimum atomic E-state index is -5.10. The number of hydrogen-bond acceptors (Lipinski definition) is 0. The fraction of sp³-hybridized carbons (Fsp3) is 0.667. The highest BCUT2D eigenvalue weighted by Crippen LogP contribution is 2.60. The molecule has 13 heavy (non-hydrogen) atoms. The van der Waals surface area contributed by atoms with Gasteiger partial charge in [-0.2, -0.15) is 17.6 Å². The Balaban J connectivity index is 3.23. The second kappa shape index (κ2) is 2.19. The molecule has 0 atom stereocenters. The minimum absolute atomic E-state index is 0.0644. The predicted molar refractivity (Wildman–Crippen MR) is 28.6 cm³/mol. The van der Waals surface area contributed by atoms with Crippen molar-refractivity contribution in [1.82, 2.24) is 0 Å². The van der Waals surface area contributed by atoms with Crippen molar-refractivity contribution in [2.45, 2.75) is 24.7 Å². The minimum Gasteiger partial charge on any atom is -0.204 e. The number of hydrogen-bond donors (Lipinski definition) is 0. The van der Waals surface area contributed by atoms with Gasteiger partial charge < -0.3 is 0 Å². The van der Waals surface area contributed by atoms with Crippen molar-refractivity contribution in [1.29, 1.82) is 0 Å². The van der Waals surface area contributed by atoms with E-state index in [-0.39, 0.29) is 6.92 Å².